The maximum absolute atomic E-state index is 11.8. The van der Waals surface area contributed by atoms with Gasteiger partial charge in [0.15, 0.2) is 0 Å². The van der Waals surface area contributed by atoms with Crippen molar-refractivity contribution in [2.24, 2.45) is 29.1 Å². The molecule has 0 radical (unpaired) electrons. The largest absolute Gasteiger partial charge is 0.481 e. The van der Waals surface area contributed by atoms with E-state index in [1.54, 1.807) is 0 Å². The van der Waals surface area contributed by atoms with Gasteiger partial charge in [-0.2, -0.15) is 0 Å². The molecular formula is C21H28O3. The first kappa shape index (κ1) is 16.1. The molecule has 6 unspecified atom stereocenters. The number of aliphatic carboxylic acids is 1. The molecular weight excluding hydrogens is 300 g/mol. The van der Waals surface area contributed by atoms with E-state index in [-0.39, 0.29) is 17.9 Å². The van der Waals surface area contributed by atoms with Gasteiger partial charge < -0.3 is 10.2 Å². The number of hydrogen-bond acceptors (Lipinski definition) is 2. The van der Waals surface area contributed by atoms with Gasteiger partial charge in [0.1, 0.15) is 0 Å². The van der Waals surface area contributed by atoms with Crippen LogP contribution in [-0.4, -0.2) is 22.3 Å². The third-order valence-electron chi connectivity index (χ3n) is 7.34. The standard InChI is InChI=1S/C21H28O3/c1-13-3-2-4-14(7-13)11-21(12-19(22)23)17-6-5-15-8-18(21)10-16(9-17)20(15)24/h2-4,7,15-18,20,24H,5-6,8-12H2,1H3,(H,22,23). The highest BCUT2D eigenvalue weighted by Crippen LogP contribution is 2.62. The molecule has 4 aliphatic rings. The van der Waals surface area contributed by atoms with Gasteiger partial charge in [0, 0.05) is 0 Å². The Morgan fingerprint density at radius 1 is 1.17 bits per heavy atom. The molecule has 0 saturated heterocycles. The number of carbonyl (C=O) groups is 1. The van der Waals surface area contributed by atoms with Gasteiger partial charge >= 0.3 is 5.97 Å². The van der Waals surface area contributed by atoms with Crippen LogP contribution in [0.15, 0.2) is 24.3 Å². The Bertz CT molecular complexity index is 628. The number of aliphatic hydroxyl groups is 1. The van der Waals surface area contributed by atoms with Crippen molar-refractivity contribution in [2.75, 3.05) is 0 Å². The molecule has 0 aliphatic heterocycles. The Balaban J connectivity index is 1.72. The van der Waals surface area contributed by atoms with Gasteiger partial charge in [0.2, 0.25) is 0 Å². The molecule has 0 heterocycles. The van der Waals surface area contributed by atoms with E-state index >= 15 is 0 Å². The third-order valence-corrected chi connectivity index (χ3v) is 7.34. The van der Waals surface area contributed by atoms with Crippen molar-refractivity contribution >= 4 is 5.97 Å². The van der Waals surface area contributed by atoms with Crippen LogP contribution < -0.4 is 0 Å². The van der Waals surface area contributed by atoms with Gasteiger partial charge in [-0.05, 0) is 80.1 Å². The fourth-order valence-electron chi connectivity index (χ4n) is 6.36. The van der Waals surface area contributed by atoms with Crippen molar-refractivity contribution in [3.05, 3.63) is 35.4 Å². The van der Waals surface area contributed by atoms with Crippen LogP contribution in [0.1, 0.15) is 49.7 Å². The maximum Gasteiger partial charge on any atom is 0.303 e. The van der Waals surface area contributed by atoms with Crippen LogP contribution in [0.2, 0.25) is 0 Å². The van der Waals surface area contributed by atoms with Crippen molar-refractivity contribution in [1.29, 1.82) is 0 Å². The van der Waals surface area contributed by atoms with E-state index in [1.807, 2.05) is 0 Å². The van der Waals surface area contributed by atoms with Crippen LogP contribution in [0.4, 0.5) is 0 Å². The Hall–Kier alpha value is -1.35. The molecule has 4 aliphatic carbocycles. The minimum absolute atomic E-state index is 0.120. The third kappa shape index (κ3) is 2.57. The van der Waals surface area contributed by atoms with Gasteiger partial charge in [-0.3, -0.25) is 4.79 Å². The molecule has 4 fully saturated rings. The number of aryl methyl sites for hydroxylation is 1. The van der Waals surface area contributed by atoms with E-state index < -0.39 is 5.97 Å². The van der Waals surface area contributed by atoms with Crippen LogP contribution in [0.3, 0.4) is 0 Å². The van der Waals surface area contributed by atoms with Gasteiger partial charge in [0.05, 0.1) is 12.5 Å². The van der Waals surface area contributed by atoms with Gasteiger partial charge in [-0.1, -0.05) is 29.8 Å². The second-order valence-electron chi connectivity index (χ2n) is 8.66. The number of rotatable bonds is 4. The fourth-order valence-corrected chi connectivity index (χ4v) is 6.36. The zero-order valence-electron chi connectivity index (χ0n) is 14.4. The van der Waals surface area contributed by atoms with Crippen molar-refractivity contribution in [3.8, 4) is 0 Å². The zero-order chi connectivity index (χ0) is 16.9. The van der Waals surface area contributed by atoms with Crippen molar-refractivity contribution in [1.82, 2.24) is 0 Å². The summed E-state index contributed by atoms with van der Waals surface area (Å²) in [5.41, 5.74) is 2.41. The van der Waals surface area contributed by atoms with E-state index in [2.05, 4.69) is 31.2 Å². The first-order chi connectivity index (χ1) is 11.5. The number of carboxylic acids is 1. The SMILES string of the molecule is Cc1cccc(CC2(CC(=O)O)C3CCC4CC2CC(C3)C4O)c1. The zero-order valence-corrected chi connectivity index (χ0v) is 14.4. The lowest BCUT2D eigenvalue weighted by atomic mass is 9.50. The molecule has 3 nitrogen and oxygen atoms in total. The predicted molar refractivity (Wildman–Crippen MR) is 92.6 cm³/mol. The summed E-state index contributed by atoms with van der Waals surface area (Å²) < 4.78 is 0. The van der Waals surface area contributed by atoms with Gasteiger partial charge in [0.25, 0.3) is 0 Å². The summed E-state index contributed by atoms with van der Waals surface area (Å²) in [6.45, 7) is 2.10. The smallest absolute Gasteiger partial charge is 0.303 e. The lowest BCUT2D eigenvalue weighted by molar-refractivity contribution is -0.148. The second kappa shape index (κ2) is 5.87. The number of aliphatic hydroxyl groups excluding tert-OH is 1. The topological polar surface area (TPSA) is 57.5 Å². The van der Waals surface area contributed by atoms with Crippen LogP contribution in [0.25, 0.3) is 0 Å². The summed E-state index contributed by atoms with van der Waals surface area (Å²) in [6, 6.07) is 8.58. The molecule has 0 amide bonds. The predicted octanol–water partition coefficient (Wildman–Crippen LogP) is 3.82. The van der Waals surface area contributed by atoms with Crippen molar-refractivity contribution < 1.29 is 15.0 Å². The highest BCUT2D eigenvalue weighted by Gasteiger charge is 2.57. The summed E-state index contributed by atoms with van der Waals surface area (Å²) in [4.78, 5) is 11.8. The minimum Gasteiger partial charge on any atom is -0.481 e. The first-order valence-electron chi connectivity index (χ1n) is 9.43. The average Bonchev–Trinajstić information content (AvgIpc) is 2.67. The fraction of sp³-hybridized carbons (Fsp3) is 0.667. The van der Waals surface area contributed by atoms with E-state index in [4.69, 9.17) is 0 Å². The van der Waals surface area contributed by atoms with E-state index in [0.717, 1.165) is 38.5 Å². The number of fused-ring (bicyclic) bond motifs is 1. The highest BCUT2D eigenvalue weighted by atomic mass is 16.4. The summed E-state index contributed by atoms with van der Waals surface area (Å²) in [6.07, 6.45) is 6.25. The van der Waals surface area contributed by atoms with Crippen LogP contribution in [0.5, 0.6) is 0 Å². The Morgan fingerprint density at radius 2 is 1.92 bits per heavy atom. The molecule has 24 heavy (non-hydrogen) atoms. The molecule has 2 N–H and O–H groups in total. The normalized spacial score (nSPS) is 40.5. The molecule has 3 heteroatoms. The molecule has 1 aromatic carbocycles. The molecule has 4 saturated carbocycles. The van der Waals surface area contributed by atoms with Crippen LogP contribution in [0, 0.1) is 36.0 Å². The minimum atomic E-state index is -0.657. The van der Waals surface area contributed by atoms with Crippen LogP contribution in [-0.2, 0) is 11.2 Å². The molecule has 4 bridgehead atoms. The van der Waals surface area contributed by atoms with E-state index in [1.165, 1.54) is 11.1 Å². The summed E-state index contributed by atoms with van der Waals surface area (Å²) in [5, 5.41) is 20.3. The molecule has 5 rings (SSSR count). The quantitative estimate of drug-likeness (QED) is 0.883. The van der Waals surface area contributed by atoms with Gasteiger partial charge in [-0.25, -0.2) is 0 Å². The highest BCUT2D eigenvalue weighted by molar-refractivity contribution is 5.68. The number of hydrogen-bond donors (Lipinski definition) is 2. The van der Waals surface area contributed by atoms with Gasteiger partial charge in [-0.15, -0.1) is 0 Å². The summed E-state index contributed by atoms with van der Waals surface area (Å²) >= 11 is 0. The monoisotopic (exact) mass is 328 g/mol. The van der Waals surface area contributed by atoms with Crippen molar-refractivity contribution in [3.63, 3.8) is 0 Å². The summed E-state index contributed by atoms with van der Waals surface area (Å²) in [5.74, 6) is 1.04. The van der Waals surface area contributed by atoms with E-state index in [0.29, 0.717) is 23.7 Å². The lowest BCUT2D eigenvalue weighted by Crippen LogP contribution is -2.51. The van der Waals surface area contributed by atoms with Crippen LogP contribution >= 0.6 is 0 Å². The Labute approximate surface area is 144 Å². The van der Waals surface area contributed by atoms with Crippen molar-refractivity contribution in [2.45, 2.75) is 58.0 Å². The Kier molecular flexibility index (Phi) is 3.95. The number of carboxylic acid groups (broad SMARTS) is 1. The molecule has 1 aromatic rings. The summed E-state index contributed by atoms with van der Waals surface area (Å²) in [7, 11) is 0. The molecule has 130 valence electrons. The number of benzene rings is 1. The second-order valence-corrected chi connectivity index (χ2v) is 8.66. The molecule has 0 aromatic heterocycles. The lowest BCUT2D eigenvalue weighted by Gasteiger charge is -2.54. The molecule has 0 spiro atoms. The maximum atomic E-state index is 11.8. The Morgan fingerprint density at radius 3 is 2.67 bits per heavy atom. The van der Waals surface area contributed by atoms with E-state index in [9.17, 15) is 15.0 Å². The molecule has 6 atom stereocenters. The first-order valence-corrected chi connectivity index (χ1v) is 9.43. The average molecular weight is 328 g/mol.